The van der Waals surface area contributed by atoms with Crippen LogP contribution in [0.25, 0.3) is 0 Å². The number of pyridine rings is 1. The van der Waals surface area contributed by atoms with Crippen molar-refractivity contribution in [1.29, 1.82) is 0 Å². The summed E-state index contributed by atoms with van der Waals surface area (Å²) in [5, 5.41) is 12.7. The summed E-state index contributed by atoms with van der Waals surface area (Å²) in [6.45, 7) is 0. The third-order valence-electron chi connectivity index (χ3n) is 2.67. The van der Waals surface area contributed by atoms with E-state index in [9.17, 15) is 0 Å². The van der Waals surface area contributed by atoms with E-state index < -0.39 is 0 Å². The second-order valence-electron chi connectivity index (χ2n) is 3.98. The highest BCUT2D eigenvalue weighted by Crippen LogP contribution is 2.25. The standard InChI is InChI=1S/C14H15N3O2S/c1-19-12-8-10(5-6-11(12)14(15)17-18)9-20-13-4-2-3-7-16-13/h2-8,18H,9H2,1H3,(H2,15,17). The smallest absolute Gasteiger partial charge is 0.173 e. The van der Waals surface area contributed by atoms with Crippen LogP contribution in [-0.4, -0.2) is 23.1 Å². The first-order chi connectivity index (χ1) is 9.74. The molecule has 1 aromatic carbocycles. The van der Waals surface area contributed by atoms with Gasteiger partial charge in [-0.05, 0) is 29.8 Å². The Morgan fingerprint density at radius 1 is 1.40 bits per heavy atom. The molecule has 0 radical (unpaired) electrons. The minimum atomic E-state index is 0.0331. The lowest BCUT2D eigenvalue weighted by molar-refractivity contribution is 0.318. The van der Waals surface area contributed by atoms with Gasteiger partial charge in [0.25, 0.3) is 0 Å². The molecule has 6 heteroatoms. The van der Waals surface area contributed by atoms with Crippen LogP contribution >= 0.6 is 11.8 Å². The maximum Gasteiger partial charge on any atom is 0.173 e. The van der Waals surface area contributed by atoms with Crippen LogP contribution in [0.15, 0.2) is 52.8 Å². The fourth-order valence-corrected chi connectivity index (χ4v) is 2.48. The molecule has 3 N–H and O–H groups in total. The zero-order valence-corrected chi connectivity index (χ0v) is 11.8. The van der Waals surface area contributed by atoms with E-state index in [2.05, 4.69) is 10.1 Å². The van der Waals surface area contributed by atoms with Crippen molar-refractivity contribution in [2.75, 3.05) is 7.11 Å². The molecule has 20 heavy (non-hydrogen) atoms. The number of ether oxygens (including phenoxy) is 1. The quantitative estimate of drug-likeness (QED) is 0.290. The van der Waals surface area contributed by atoms with Crippen molar-refractivity contribution in [3.8, 4) is 5.75 Å². The van der Waals surface area contributed by atoms with Crippen molar-refractivity contribution in [2.45, 2.75) is 10.8 Å². The summed E-state index contributed by atoms with van der Waals surface area (Å²) in [6.07, 6.45) is 1.77. The van der Waals surface area contributed by atoms with E-state index in [0.29, 0.717) is 11.3 Å². The number of nitrogens with zero attached hydrogens (tertiary/aromatic N) is 2. The molecule has 0 saturated carbocycles. The highest BCUT2D eigenvalue weighted by molar-refractivity contribution is 7.98. The fraction of sp³-hybridized carbons (Fsp3) is 0.143. The normalized spacial score (nSPS) is 11.3. The first-order valence-corrected chi connectivity index (χ1v) is 6.92. The van der Waals surface area contributed by atoms with Gasteiger partial charge in [-0.1, -0.05) is 17.3 Å². The van der Waals surface area contributed by atoms with Crippen molar-refractivity contribution in [2.24, 2.45) is 10.9 Å². The molecule has 0 bridgehead atoms. The molecule has 0 spiro atoms. The number of nitrogens with two attached hydrogens (primary N) is 1. The Morgan fingerprint density at radius 3 is 2.90 bits per heavy atom. The van der Waals surface area contributed by atoms with Crippen LogP contribution in [0, 0.1) is 0 Å². The molecule has 5 nitrogen and oxygen atoms in total. The lowest BCUT2D eigenvalue weighted by atomic mass is 10.1. The zero-order chi connectivity index (χ0) is 14.4. The summed E-state index contributed by atoms with van der Waals surface area (Å²) in [5.74, 6) is 1.38. The van der Waals surface area contributed by atoms with Crippen molar-refractivity contribution in [3.05, 3.63) is 53.7 Å². The number of benzene rings is 1. The van der Waals surface area contributed by atoms with E-state index >= 15 is 0 Å². The summed E-state index contributed by atoms with van der Waals surface area (Å²) in [6, 6.07) is 11.4. The van der Waals surface area contributed by atoms with E-state index in [1.165, 1.54) is 0 Å². The molecular weight excluding hydrogens is 274 g/mol. The van der Waals surface area contributed by atoms with Crippen LogP contribution in [0.2, 0.25) is 0 Å². The Labute approximate surface area is 121 Å². The molecule has 0 aliphatic rings. The first kappa shape index (κ1) is 14.2. The van der Waals surface area contributed by atoms with Gasteiger partial charge >= 0.3 is 0 Å². The number of oxime groups is 1. The van der Waals surface area contributed by atoms with Gasteiger partial charge in [-0.3, -0.25) is 0 Å². The molecule has 0 atom stereocenters. The molecule has 0 aliphatic carbocycles. The highest BCUT2D eigenvalue weighted by atomic mass is 32.2. The Balaban J connectivity index is 2.14. The largest absolute Gasteiger partial charge is 0.496 e. The second kappa shape index (κ2) is 6.81. The molecule has 2 rings (SSSR count). The number of methoxy groups -OCH3 is 1. The molecule has 0 saturated heterocycles. The maximum atomic E-state index is 8.72. The van der Waals surface area contributed by atoms with Crippen molar-refractivity contribution in [1.82, 2.24) is 4.98 Å². The topological polar surface area (TPSA) is 80.7 Å². The predicted octanol–water partition coefficient (Wildman–Crippen LogP) is 2.48. The van der Waals surface area contributed by atoms with Crippen molar-refractivity contribution in [3.63, 3.8) is 0 Å². The number of hydrogen-bond donors (Lipinski definition) is 2. The molecular formula is C14H15N3O2S. The van der Waals surface area contributed by atoms with Gasteiger partial charge in [-0.2, -0.15) is 0 Å². The number of thioether (sulfide) groups is 1. The molecule has 0 fully saturated rings. The van der Waals surface area contributed by atoms with Gasteiger partial charge in [-0.15, -0.1) is 11.8 Å². The number of hydrogen-bond acceptors (Lipinski definition) is 5. The summed E-state index contributed by atoms with van der Waals surface area (Å²) < 4.78 is 5.26. The summed E-state index contributed by atoms with van der Waals surface area (Å²) in [4.78, 5) is 4.25. The first-order valence-electron chi connectivity index (χ1n) is 5.93. The van der Waals surface area contributed by atoms with Crippen LogP contribution in [0.4, 0.5) is 0 Å². The van der Waals surface area contributed by atoms with Gasteiger partial charge in [0.05, 0.1) is 17.7 Å². The molecule has 0 unspecified atom stereocenters. The minimum absolute atomic E-state index is 0.0331. The minimum Gasteiger partial charge on any atom is -0.496 e. The summed E-state index contributed by atoms with van der Waals surface area (Å²) in [7, 11) is 1.55. The van der Waals surface area contributed by atoms with Crippen molar-refractivity contribution >= 4 is 17.6 Å². The van der Waals surface area contributed by atoms with Gasteiger partial charge in [0.1, 0.15) is 5.75 Å². The number of aromatic nitrogens is 1. The molecule has 1 heterocycles. The van der Waals surface area contributed by atoms with Gasteiger partial charge in [0.15, 0.2) is 5.84 Å². The average molecular weight is 289 g/mol. The summed E-state index contributed by atoms with van der Waals surface area (Å²) >= 11 is 1.64. The highest BCUT2D eigenvalue weighted by Gasteiger charge is 2.09. The predicted molar refractivity (Wildman–Crippen MR) is 79.3 cm³/mol. The van der Waals surface area contributed by atoms with Crippen LogP contribution in [-0.2, 0) is 5.75 Å². The zero-order valence-electron chi connectivity index (χ0n) is 11.0. The maximum absolute atomic E-state index is 8.72. The average Bonchev–Trinajstić information content (AvgIpc) is 2.52. The Hall–Kier alpha value is -2.21. The molecule has 0 amide bonds. The van der Waals surface area contributed by atoms with E-state index in [-0.39, 0.29) is 5.84 Å². The van der Waals surface area contributed by atoms with Gasteiger partial charge in [0.2, 0.25) is 0 Å². The molecule has 1 aromatic heterocycles. The van der Waals surface area contributed by atoms with Crippen LogP contribution < -0.4 is 10.5 Å². The molecule has 104 valence electrons. The van der Waals surface area contributed by atoms with Gasteiger partial charge < -0.3 is 15.7 Å². The van der Waals surface area contributed by atoms with Crippen molar-refractivity contribution < 1.29 is 9.94 Å². The van der Waals surface area contributed by atoms with Gasteiger partial charge in [0, 0.05) is 11.9 Å². The second-order valence-corrected chi connectivity index (χ2v) is 4.97. The fourth-order valence-electron chi connectivity index (χ4n) is 1.68. The van der Waals surface area contributed by atoms with E-state index in [1.54, 1.807) is 31.1 Å². The lowest BCUT2D eigenvalue weighted by Gasteiger charge is -2.09. The molecule has 2 aromatic rings. The summed E-state index contributed by atoms with van der Waals surface area (Å²) in [5.41, 5.74) is 7.24. The lowest BCUT2D eigenvalue weighted by Crippen LogP contribution is -2.14. The Bertz CT molecular complexity index is 603. The van der Waals surface area contributed by atoms with Crippen LogP contribution in [0.5, 0.6) is 5.75 Å². The van der Waals surface area contributed by atoms with E-state index in [4.69, 9.17) is 15.7 Å². The Morgan fingerprint density at radius 2 is 2.25 bits per heavy atom. The third kappa shape index (κ3) is 3.42. The number of rotatable bonds is 5. The van der Waals surface area contributed by atoms with E-state index in [1.807, 2.05) is 30.3 Å². The van der Waals surface area contributed by atoms with Gasteiger partial charge in [-0.25, -0.2) is 4.98 Å². The van der Waals surface area contributed by atoms with Crippen LogP contribution in [0.3, 0.4) is 0 Å². The third-order valence-corrected chi connectivity index (χ3v) is 3.69. The SMILES string of the molecule is COc1cc(CSc2ccccn2)ccc1/C(N)=N/O. The van der Waals surface area contributed by atoms with Crippen LogP contribution in [0.1, 0.15) is 11.1 Å². The number of amidine groups is 1. The molecule has 0 aliphatic heterocycles. The Kier molecular flexibility index (Phi) is 4.84. The monoisotopic (exact) mass is 289 g/mol. The van der Waals surface area contributed by atoms with E-state index in [0.717, 1.165) is 16.3 Å².